The van der Waals surface area contributed by atoms with Gasteiger partial charge in [-0.25, -0.2) is 9.36 Å². The lowest BCUT2D eigenvalue weighted by molar-refractivity contribution is 0.0536. The highest BCUT2D eigenvalue weighted by molar-refractivity contribution is 6.03. The minimum absolute atomic E-state index is 0.0435. The molecule has 1 fully saturated rings. The number of nitrogens with zero attached hydrogens (tertiary/aromatic N) is 2. The summed E-state index contributed by atoms with van der Waals surface area (Å²) in [5, 5.41) is 4.43. The lowest BCUT2D eigenvalue weighted by Gasteiger charge is -2.28. The Morgan fingerprint density at radius 1 is 1.03 bits per heavy atom. The van der Waals surface area contributed by atoms with Gasteiger partial charge in [0.15, 0.2) is 0 Å². The molecule has 4 rings (SSSR count). The first-order valence-electron chi connectivity index (χ1n) is 11.8. The molecule has 1 aliphatic heterocycles. The van der Waals surface area contributed by atoms with E-state index >= 15 is 0 Å². The number of hydrogen-bond acceptors (Lipinski definition) is 5. The molecule has 0 amide bonds. The molecular weight excluding hydrogens is 414 g/mol. The van der Waals surface area contributed by atoms with E-state index in [-0.39, 0.29) is 12.2 Å². The van der Waals surface area contributed by atoms with Gasteiger partial charge < -0.3 is 14.8 Å². The lowest BCUT2D eigenvalue weighted by atomic mass is 10.00. The van der Waals surface area contributed by atoms with Crippen molar-refractivity contribution in [2.75, 3.05) is 26.2 Å². The molecule has 6 heteroatoms. The molecule has 2 aromatic carbocycles. The van der Waals surface area contributed by atoms with E-state index in [0.29, 0.717) is 6.54 Å². The van der Waals surface area contributed by atoms with Crippen molar-refractivity contribution in [3.63, 3.8) is 0 Å². The standard InChI is InChI=1S/C27H35N3O3/c1-19(2)32-24-13-9-7-11-21(24)25-20-10-6-8-12-22(20)30(26(31)33-27(3,4)5)23(25)18-29-16-14-28-15-17-29/h6-13,19,28H,14-18H2,1-5H3. The van der Waals surface area contributed by atoms with E-state index in [1.54, 1.807) is 4.57 Å². The van der Waals surface area contributed by atoms with E-state index in [4.69, 9.17) is 9.47 Å². The third-order valence-corrected chi connectivity index (χ3v) is 5.65. The summed E-state index contributed by atoms with van der Waals surface area (Å²) in [5.74, 6) is 0.821. The normalized spacial score (nSPS) is 15.2. The molecule has 6 nitrogen and oxygen atoms in total. The molecule has 33 heavy (non-hydrogen) atoms. The Balaban J connectivity index is 1.95. The van der Waals surface area contributed by atoms with Crippen LogP contribution in [0, 0.1) is 0 Å². The molecule has 3 aromatic rings. The molecule has 0 atom stereocenters. The summed E-state index contributed by atoms with van der Waals surface area (Å²) in [4.78, 5) is 15.9. The number of benzene rings is 2. The molecule has 0 radical (unpaired) electrons. The van der Waals surface area contributed by atoms with Crippen LogP contribution in [-0.4, -0.2) is 53.4 Å². The Morgan fingerprint density at radius 3 is 2.39 bits per heavy atom. The first kappa shape index (κ1) is 23.3. The molecule has 1 aliphatic rings. The van der Waals surface area contributed by atoms with Crippen molar-refractivity contribution in [3.05, 3.63) is 54.2 Å². The monoisotopic (exact) mass is 449 g/mol. The van der Waals surface area contributed by atoms with Gasteiger partial charge in [0.1, 0.15) is 11.4 Å². The number of nitrogens with one attached hydrogen (secondary N) is 1. The Hall–Kier alpha value is -2.83. The van der Waals surface area contributed by atoms with Crippen LogP contribution in [0.3, 0.4) is 0 Å². The zero-order valence-corrected chi connectivity index (χ0v) is 20.4. The second-order valence-electron chi connectivity index (χ2n) is 9.84. The number of carbonyl (C=O) groups is 1. The van der Waals surface area contributed by atoms with Crippen LogP contribution in [0.1, 0.15) is 40.3 Å². The fourth-order valence-corrected chi connectivity index (χ4v) is 4.37. The summed E-state index contributed by atoms with van der Waals surface area (Å²) in [6.07, 6.45) is -0.306. The Kier molecular flexibility index (Phi) is 6.77. The molecule has 2 heterocycles. The van der Waals surface area contributed by atoms with Crippen molar-refractivity contribution < 1.29 is 14.3 Å². The van der Waals surface area contributed by atoms with Crippen LogP contribution < -0.4 is 10.1 Å². The average molecular weight is 450 g/mol. The minimum Gasteiger partial charge on any atom is -0.490 e. The number of carbonyl (C=O) groups excluding carboxylic acids is 1. The maximum atomic E-state index is 13.5. The molecule has 176 valence electrons. The fourth-order valence-electron chi connectivity index (χ4n) is 4.37. The number of fused-ring (bicyclic) bond motifs is 1. The van der Waals surface area contributed by atoms with Gasteiger partial charge in [-0.3, -0.25) is 4.90 Å². The van der Waals surface area contributed by atoms with Crippen molar-refractivity contribution in [2.45, 2.75) is 52.9 Å². The van der Waals surface area contributed by atoms with Crippen molar-refractivity contribution in [1.29, 1.82) is 0 Å². The van der Waals surface area contributed by atoms with Crippen LogP contribution >= 0.6 is 0 Å². The number of rotatable bonds is 5. The predicted octanol–water partition coefficient (Wildman–Crippen LogP) is 5.28. The predicted molar refractivity (Wildman–Crippen MR) is 133 cm³/mol. The summed E-state index contributed by atoms with van der Waals surface area (Å²) >= 11 is 0. The van der Waals surface area contributed by atoms with Gasteiger partial charge in [-0.05, 0) is 46.8 Å². The number of ether oxygens (including phenoxy) is 2. The quantitative estimate of drug-likeness (QED) is 0.574. The van der Waals surface area contributed by atoms with E-state index in [1.165, 1.54) is 0 Å². The zero-order chi connectivity index (χ0) is 23.6. The topological polar surface area (TPSA) is 55.7 Å². The highest BCUT2D eigenvalue weighted by Gasteiger charge is 2.28. The molecule has 1 N–H and O–H groups in total. The van der Waals surface area contributed by atoms with Crippen molar-refractivity contribution in [2.24, 2.45) is 0 Å². The van der Waals surface area contributed by atoms with Crippen LogP contribution in [0.25, 0.3) is 22.0 Å². The van der Waals surface area contributed by atoms with Gasteiger partial charge >= 0.3 is 6.09 Å². The zero-order valence-electron chi connectivity index (χ0n) is 20.4. The van der Waals surface area contributed by atoms with Gasteiger partial charge in [-0.15, -0.1) is 0 Å². The molecule has 0 spiro atoms. The average Bonchev–Trinajstić information content (AvgIpc) is 3.07. The molecule has 0 unspecified atom stereocenters. The van der Waals surface area contributed by atoms with E-state index in [2.05, 4.69) is 22.3 Å². The van der Waals surface area contributed by atoms with Gasteiger partial charge in [-0.1, -0.05) is 36.4 Å². The van der Waals surface area contributed by atoms with Gasteiger partial charge in [0.25, 0.3) is 0 Å². The van der Waals surface area contributed by atoms with Crippen LogP contribution in [0.2, 0.25) is 0 Å². The highest BCUT2D eigenvalue weighted by Crippen LogP contribution is 2.41. The Bertz CT molecular complexity index is 1120. The van der Waals surface area contributed by atoms with Crippen molar-refractivity contribution >= 4 is 17.0 Å². The van der Waals surface area contributed by atoms with E-state index in [1.807, 2.05) is 71.0 Å². The van der Waals surface area contributed by atoms with Crippen molar-refractivity contribution in [1.82, 2.24) is 14.8 Å². The molecule has 1 saturated heterocycles. The van der Waals surface area contributed by atoms with Gasteiger partial charge in [0, 0.05) is 49.2 Å². The first-order valence-corrected chi connectivity index (χ1v) is 11.8. The summed E-state index contributed by atoms with van der Waals surface area (Å²) < 4.78 is 13.8. The lowest BCUT2D eigenvalue weighted by Crippen LogP contribution is -2.43. The summed E-state index contributed by atoms with van der Waals surface area (Å²) in [7, 11) is 0. The Labute approximate surface area is 196 Å². The van der Waals surface area contributed by atoms with Crippen LogP contribution in [0.4, 0.5) is 4.79 Å². The smallest absolute Gasteiger partial charge is 0.419 e. The van der Waals surface area contributed by atoms with E-state index < -0.39 is 5.60 Å². The summed E-state index contributed by atoms with van der Waals surface area (Å²) in [6.45, 7) is 14.2. The summed E-state index contributed by atoms with van der Waals surface area (Å²) in [6, 6.07) is 16.2. The maximum Gasteiger partial charge on any atom is 0.419 e. The third-order valence-electron chi connectivity index (χ3n) is 5.65. The largest absolute Gasteiger partial charge is 0.490 e. The Morgan fingerprint density at radius 2 is 1.70 bits per heavy atom. The van der Waals surface area contributed by atoms with Gasteiger partial charge in [-0.2, -0.15) is 0 Å². The van der Waals surface area contributed by atoms with E-state index in [9.17, 15) is 4.79 Å². The highest BCUT2D eigenvalue weighted by atomic mass is 16.6. The second-order valence-corrected chi connectivity index (χ2v) is 9.84. The second kappa shape index (κ2) is 9.57. The van der Waals surface area contributed by atoms with Gasteiger partial charge in [0.05, 0.1) is 17.3 Å². The fraction of sp³-hybridized carbons (Fsp3) is 0.444. The van der Waals surface area contributed by atoms with Crippen LogP contribution in [0.15, 0.2) is 48.5 Å². The first-order chi connectivity index (χ1) is 15.7. The molecular formula is C27H35N3O3. The molecule has 0 saturated carbocycles. The van der Waals surface area contributed by atoms with Gasteiger partial charge in [0.2, 0.25) is 0 Å². The van der Waals surface area contributed by atoms with Crippen LogP contribution in [-0.2, 0) is 11.3 Å². The number of aromatic nitrogens is 1. The minimum atomic E-state index is -0.590. The molecule has 1 aromatic heterocycles. The third kappa shape index (κ3) is 5.23. The molecule has 0 bridgehead atoms. The number of piperazine rings is 1. The maximum absolute atomic E-state index is 13.5. The van der Waals surface area contributed by atoms with Crippen LogP contribution in [0.5, 0.6) is 5.75 Å². The number of para-hydroxylation sites is 2. The molecule has 0 aliphatic carbocycles. The summed E-state index contributed by atoms with van der Waals surface area (Å²) in [5.41, 5.74) is 3.23. The number of hydrogen-bond donors (Lipinski definition) is 1. The van der Waals surface area contributed by atoms with E-state index in [0.717, 1.165) is 59.7 Å². The SMILES string of the molecule is CC(C)Oc1ccccc1-c1c(CN2CCNCC2)n(C(=O)OC(C)(C)C)c2ccccc12. The van der Waals surface area contributed by atoms with Crippen molar-refractivity contribution in [3.8, 4) is 16.9 Å².